The van der Waals surface area contributed by atoms with Gasteiger partial charge >= 0.3 is 12.1 Å². The SMILES string of the molecule is CCOC(=O)c1cnn2c1N[C@H](c1ccc(Cl)s1)C[C@H]2C(F)(F)F. The Kier molecular flexibility index (Phi) is 4.48. The molecule has 0 spiro atoms. The van der Waals surface area contributed by atoms with Gasteiger partial charge in [0.15, 0.2) is 6.04 Å². The maximum absolute atomic E-state index is 13.4. The van der Waals surface area contributed by atoms with Gasteiger partial charge in [0.1, 0.15) is 11.4 Å². The van der Waals surface area contributed by atoms with Crippen LogP contribution in [0.15, 0.2) is 18.3 Å². The number of carbonyl (C=O) groups excluding carboxylic acids is 1. The van der Waals surface area contributed by atoms with Crippen molar-refractivity contribution in [3.63, 3.8) is 0 Å². The highest BCUT2D eigenvalue weighted by Gasteiger charge is 2.47. The number of rotatable bonds is 3. The Morgan fingerprint density at radius 3 is 2.88 bits per heavy atom. The Balaban J connectivity index is 2.02. The minimum absolute atomic E-state index is 0.0107. The molecule has 0 saturated carbocycles. The first-order chi connectivity index (χ1) is 11.3. The highest BCUT2D eigenvalue weighted by atomic mass is 35.5. The van der Waals surface area contributed by atoms with Gasteiger partial charge in [-0.25, -0.2) is 9.48 Å². The first-order valence-electron chi connectivity index (χ1n) is 7.14. The Morgan fingerprint density at radius 1 is 1.54 bits per heavy atom. The lowest BCUT2D eigenvalue weighted by molar-refractivity contribution is -0.173. The molecule has 2 aromatic rings. The van der Waals surface area contributed by atoms with E-state index in [4.69, 9.17) is 16.3 Å². The van der Waals surface area contributed by atoms with E-state index in [1.165, 1.54) is 11.3 Å². The molecule has 2 atom stereocenters. The maximum atomic E-state index is 13.4. The number of esters is 1. The van der Waals surface area contributed by atoms with E-state index in [2.05, 4.69) is 10.4 Å². The maximum Gasteiger partial charge on any atom is 0.410 e. The number of nitrogens with one attached hydrogen (secondary N) is 1. The Hall–Kier alpha value is -1.74. The summed E-state index contributed by atoms with van der Waals surface area (Å²) in [6.45, 7) is 1.74. The Morgan fingerprint density at radius 2 is 2.29 bits per heavy atom. The summed E-state index contributed by atoms with van der Waals surface area (Å²) in [5, 5.41) is 6.72. The average Bonchev–Trinajstić information content (AvgIpc) is 3.11. The van der Waals surface area contributed by atoms with Crippen LogP contribution in [0.4, 0.5) is 19.0 Å². The van der Waals surface area contributed by atoms with Crippen molar-refractivity contribution in [2.45, 2.75) is 31.6 Å². The summed E-state index contributed by atoms with van der Waals surface area (Å²) in [6, 6.07) is 0.854. The topological polar surface area (TPSA) is 56.1 Å². The van der Waals surface area contributed by atoms with E-state index >= 15 is 0 Å². The summed E-state index contributed by atoms with van der Waals surface area (Å²) in [5.74, 6) is -0.700. The van der Waals surface area contributed by atoms with Gasteiger partial charge in [-0.05, 0) is 19.1 Å². The lowest BCUT2D eigenvalue weighted by atomic mass is 10.0. The zero-order chi connectivity index (χ0) is 17.5. The fraction of sp³-hybridized carbons (Fsp3) is 0.429. The van der Waals surface area contributed by atoms with Crippen LogP contribution in [-0.4, -0.2) is 28.5 Å². The molecule has 2 aromatic heterocycles. The Labute approximate surface area is 144 Å². The normalized spacial score (nSPS) is 20.4. The van der Waals surface area contributed by atoms with Gasteiger partial charge in [0.2, 0.25) is 0 Å². The number of hydrogen-bond acceptors (Lipinski definition) is 5. The molecule has 0 saturated heterocycles. The van der Waals surface area contributed by atoms with Crippen molar-refractivity contribution in [2.75, 3.05) is 11.9 Å². The van der Waals surface area contributed by atoms with E-state index in [9.17, 15) is 18.0 Å². The van der Waals surface area contributed by atoms with Crippen molar-refractivity contribution in [2.24, 2.45) is 0 Å². The van der Waals surface area contributed by atoms with Crippen molar-refractivity contribution in [3.05, 3.63) is 33.1 Å². The number of nitrogens with zero attached hydrogens (tertiary/aromatic N) is 2. The molecule has 0 amide bonds. The second-order valence-electron chi connectivity index (χ2n) is 5.20. The van der Waals surface area contributed by atoms with Crippen LogP contribution < -0.4 is 5.32 Å². The van der Waals surface area contributed by atoms with E-state index < -0.39 is 24.2 Å². The van der Waals surface area contributed by atoms with Crippen LogP contribution in [-0.2, 0) is 4.74 Å². The third-order valence-electron chi connectivity index (χ3n) is 3.67. The standard InChI is InChI=1S/C14H13ClF3N3O2S/c1-2-23-13(22)7-6-19-21-10(14(16,17)18)5-8(20-12(7)21)9-3-4-11(15)24-9/h3-4,6,8,10,20H,2,5H2,1H3/t8-,10-/m0/s1. The molecule has 0 unspecified atom stereocenters. The van der Waals surface area contributed by atoms with E-state index in [-0.39, 0.29) is 24.4 Å². The fourth-order valence-electron chi connectivity index (χ4n) is 2.62. The third kappa shape index (κ3) is 3.10. The second kappa shape index (κ2) is 6.29. The first kappa shape index (κ1) is 17.1. The largest absolute Gasteiger partial charge is 0.462 e. The molecule has 1 N–H and O–H groups in total. The van der Waals surface area contributed by atoms with Crippen LogP contribution in [0.3, 0.4) is 0 Å². The van der Waals surface area contributed by atoms with Crippen LogP contribution in [0, 0.1) is 0 Å². The second-order valence-corrected chi connectivity index (χ2v) is 6.95. The van der Waals surface area contributed by atoms with E-state index in [1.807, 2.05) is 0 Å². The summed E-state index contributed by atoms with van der Waals surface area (Å²) >= 11 is 7.08. The summed E-state index contributed by atoms with van der Waals surface area (Å²) in [7, 11) is 0. The van der Waals surface area contributed by atoms with Gasteiger partial charge in [-0.1, -0.05) is 11.6 Å². The zero-order valence-electron chi connectivity index (χ0n) is 12.4. The molecular formula is C14H13ClF3N3O2S. The van der Waals surface area contributed by atoms with Gasteiger partial charge in [-0.15, -0.1) is 11.3 Å². The van der Waals surface area contributed by atoms with Gasteiger partial charge in [0, 0.05) is 11.3 Å². The molecule has 0 aliphatic carbocycles. The third-order valence-corrected chi connectivity index (χ3v) is 5.02. The minimum atomic E-state index is -4.49. The van der Waals surface area contributed by atoms with Gasteiger partial charge in [0.05, 0.1) is 23.2 Å². The number of fused-ring (bicyclic) bond motifs is 1. The summed E-state index contributed by atoms with van der Waals surface area (Å²) in [4.78, 5) is 12.6. The zero-order valence-corrected chi connectivity index (χ0v) is 14.0. The van der Waals surface area contributed by atoms with Gasteiger partial charge < -0.3 is 10.1 Å². The van der Waals surface area contributed by atoms with Crippen LogP contribution in [0.2, 0.25) is 4.34 Å². The number of carbonyl (C=O) groups is 1. The van der Waals surface area contributed by atoms with Crippen LogP contribution in [0.1, 0.15) is 40.7 Å². The lowest BCUT2D eigenvalue weighted by Gasteiger charge is -2.33. The summed E-state index contributed by atoms with van der Waals surface area (Å²) < 4.78 is 46.5. The molecule has 3 rings (SSSR count). The van der Waals surface area contributed by atoms with E-state index in [1.54, 1.807) is 19.1 Å². The predicted molar refractivity (Wildman–Crippen MR) is 83.6 cm³/mol. The number of thiophene rings is 1. The molecule has 130 valence electrons. The minimum Gasteiger partial charge on any atom is -0.462 e. The fourth-order valence-corrected chi connectivity index (χ4v) is 3.75. The lowest BCUT2D eigenvalue weighted by Crippen LogP contribution is -2.36. The number of hydrogen-bond donors (Lipinski definition) is 1. The summed E-state index contributed by atoms with van der Waals surface area (Å²) in [5.41, 5.74) is -0.0153. The molecule has 24 heavy (non-hydrogen) atoms. The quantitative estimate of drug-likeness (QED) is 0.801. The van der Waals surface area contributed by atoms with Gasteiger partial charge in [0.25, 0.3) is 0 Å². The monoisotopic (exact) mass is 379 g/mol. The molecule has 0 fully saturated rings. The molecule has 0 aromatic carbocycles. The van der Waals surface area contributed by atoms with Gasteiger partial charge in [-0.2, -0.15) is 18.3 Å². The molecule has 0 radical (unpaired) electrons. The highest BCUT2D eigenvalue weighted by Crippen LogP contribution is 2.45. The van der Waals surface area contributed by atoms with Crippen molar-refractivity contribution in [1.29, 1.82) is 0 Å². The number of alkyl halides is 3. The molecular weight excluding hydrogens is 367 g/mol. The number of ether oxygens (including phenoxy) is 1. The van der Waals surface area contributed by atoms with Crippen molar-refractivity contribution >= 4 is 34.7 Å². The first-order valence-corrected chi connectivity index (χ1v) is 8.33. The van der Waals surface area contributed by atoms with Gasteiger partial charge in [-0.3, -0.25) is 0 Å². The summed E-state index contributed by atoms with van der Waals surface area (Å²) in [6.07, 6.45) is -3.63. The number of anilines is 1. The van der Waals surface area contributed by atoms with E-state index in [0.29, 0.717) is 9.21 Å². The smallest absolute Gasteiger partial charge is 0.410 e. The van der Waals surface area contributed by atoms with Crippen LogP contribution in [0.25, 0.3) is 0 Å². The van der Waals surface area contributed by atoms with Crippen LogP contribution >= 0.6 is 22.9 Å². The molecule has 1 aliphatic heterocycles. The molecule has 0 bridgehead atoms. The predicted octanol–water partition coefficient (Wildman–Crippen LogP) is 4.44. The molecule has 5 nitrogen and oxygen atoms in total. The highest BCUT2D eigenvalue weighted by molar-refractivity contribution is 7.16. The number of aromatic nitrogens is 2. The Bertz CT molecular complexity index is 759. The number of halogens is 4. The van der Waals surface area contributed by atoms with Crippen molar-refractivity contribution < 1.29 is 22.7 Å². The molecule has 3 heterocycles. The van der Waals surface area contributed by atoms with Crippen molar-refractivity contribution in [1.82, 2.24) is 9.78 Å². The van der Waals surface area contributed by atoms with Crippen molar-refractivity contribution in [3.8, 4) is 0 Å². The molecule has 10 heteroatoms. The average molecular weight is 380 g/mol. The van der Waals surface area contributed by atoms with Crippen LogP contribution in [0.5, 0.6) is 0 Å². The molecule has 1 aliphatic rings. The van der Waals surface area contributed by atoms with E-state index in [0.717, 1.165) is 10.9 Å².